The zero-order valence-electron chi connectivity index (χ0n) is 14.5. The Kier molecular flexibility index (Phi) is 6.93. The molecule has 140 valence electrons. The van der Waals surface area contributed by atoms with Crippen molar-refractivity contribution >= 4 is 56.4 Å². The fraction of sp³-hybridized carbons (Fsp3) is 0.143. The number of hydrogen-bond donors (Lipinski definition) is 1. The van der Waals surface area contributed by atoms with Gasteiger partial charge in [-0.3, -0.25) is 0 Å². The van der Waals surface area contributed by atoms with Gasteiger partial charge in [-0.2, -0.15) is 0 Å². The Labute approximate surface area is 182 Å². The fourth-order valence-corrected chi connectivity index (χ4v) is 3.77. The molecule has 0 spiro atoms. The highest BCUT2D eigenvalue weighted by molar-refractivity contribution is 9.10. The van der Waals surface area contributed by atoms with Gasteiger partial charge in [-0.05, 0) is 61.0 Å². The van der Waals surface area contributed by atoms with Crippen molar-refractivity contribution < 1.29 is 4.74 Å². The standard InChI is InChI=1S/C21H17BrCl3NO/c1-13-8-16(22)3-6-20(13)26-11-15-9-17(23)5-7-21(15)27-12-14-2-4-18(24)10-19(14)25/h2-10,26H,11-12H2,1H3. The fourth-order valence-electron chi connectivity index (χ4n) is 2.64. The van der Waals surface area contributed by atoms with E-state index in [0.29, 0.717) is 28.2 Å². The van der Waals surface area contributed by atoms with Gasteiger partial charge in [0.1, 0.15) is 12.4 Å². The Balaban J connectivity index is 1.74. The summed E-state index contributed by atoms with van der Waals surface area (Å²) in [6.45, 7) is 3.00. The van der Waals surface area contributed by atoms with Crippen LogP contribution in [0.5, 0.6) is 5.75 Å². The molecule has 0 radical (unpaired) electrons. The van der Waals surface area contributed by atoms with Crippen molar-refractivity contribution in [3.8, 4) is 5.75 Å². The van der Waals surface area contributed by atoms with Crippen LogP contribution in [0.3, 0.4) is 0 Å². The van der Waals surface area contributed by atoms with Crippen molar-refractivity contribution in [2.24, 2.45) is 0 Å². The Bertz CT molecular complexity index is 962. The van der Waals surface area contributed by atoms with Crippen LogP contribution >= 0.6 is 50.7 Å². The summed E-state index contributed by atoms with van der Waals surface area (Å²) in [6, 6.07) is 17.1. The SMILES string of the molecule is Cc1cc(Br)ccc1NCc1cc(Cl)ccc1OCc1ccc(Cl)cc1Cl. The Morgan fingerprint density at radius 1 is 0.889 bits per heavy atom. The molecule has 0 heterocycles. The summed E-state index contributed by atoms with van der Waals surface area (Å²) in [4.78, 5) is 0. The minimum Gasteiger partial charge on any atom is -0.488 e. The van der Waals surface area contributed by atoms with Crippen molar-refractivity contribution in [2.75, 3.05) is 5.32 Å². The maximum absolute atomic E-state index is 6.23. The summed E-state index contributed by atoms with van der Waals surface area (Å²) in [6.07, 6.45) is 0. The molecule has 3 rings (SSSR count). The number of nitrogens with one attached hydrogen (secondary N) is 1. The molecule has 0 atom stereocenters. The van der Waals surface area contributed by atoms with E-state index in [-0.39, 0.29) is 0 Å². The number of benzene rings is 3. The molecule has 2 nitrogen and oxygen atoms in total. The normalized spacial score (nSPS) is 10.7. The third-order valence-corrected chi connectivity index (χ3v) is 5.39. The molecule has 0 aromatic heterocycles. The van der Waals surface area contributed by atoms with Crippen molar-refractivity contribution in [3.63, 3.8) is 0 Å². The number of halogens is 4. The summed E-state index contributed by atoms with van der Waals surface area (Å²) in [7, 11) is 0. The van der Waals surface area contributed by atoms with Gasteiger partial charge in [0.15, 0.2) is 0 Å². The van der Waals surface area contributed by atoms with Crippen LogP contribution in [0.25, 0.3) is 0 Å². The number of anilines is 1. The van der Waals surface area contributed by atoms with Crippen LogP contribution in [-0.2, 0) is 13.2 Å². The van der Waals surface area contributed by atoms with Gasteiger partial charge in [0, 0.05) is 42.9 Å². The molecule has 27 heavy (non-hydrogen) atoms. The molecule has 0 aliphatic carbocycles. The van der Waals surface area contributed by atoms with E-state index < -0.39 is 0 Å². The molecular formula is C21H17BrCl3NO. The van der Waals surface area contributed by atoms with Crippen LogP contribution < -0.4 is 10.1 Å². The predicted molar refractivity (Wildman–Crippen MR) is 118 cm³/mol. The van der Waals surface area contributed by atoms with Gasteiger partial charge in [-0.1, -0.05) is 56.8 Å². The molecule has 0 fully saturated rings. The van der Waals surface area contributed by atoms with E-state index in [4.69, 9.17) is 39.5 Å². The molecule has 0 aliphatic heterocycles. The van der Waals surface area contributed by atoms with E-state index in [0.717, 1.165) is 32.6 Å². The third-order valence-electron chi connectivity index (χ3n) is 4.08. The minimum atomic E-state index is 0.349. The van der Waals surface area contributed by atoms with Crippen molar-refractivity contribution in [1.82, 2.24) is 0 Å². The second-order valence-electron chi connectivity index (χ2n) is 6.09. The Morgan fingerprint density at radius 2 is 1.63 bits per heavy atom. The first-order chi connectivity index (χ1) is 12.9. The first-order valence-corrected chi connectivity index (χ1v) is 10.2. The van der Waals surface area contributed by atoms with Crippen molar-refractivity contribution in [2.45, 2.75) is 20.1 Å². The Hall–Kier alpha value is -1.39. The number of ether oxygens (including phenoxy) is 1. The molecule has 0 saturated heterocycles. The summed E-state index contributed by atoms with van der Waals surface area (Å²) < 4.78 is 7.06. The minimum absolute atomic E-state index is 0.349. The van der Waals surface area contributed by atoms with Gasteiger partial charge in [0.2, 0.25) is 0 Å². The highest BCUT2D eigenvalue weighted by Crippen LogP contribution is 2.28. The molecule has 3 aromatic rings. The van der Waals surface area contributed by atoms with E-state index in [1.807, 2.05) is 36.4 Å². The molecule has 0 saturated carbocycles. The number of aryl methyl sites for hydroxylation is 1. The first-order valence-electron chi connectivity index (χ1n) is 8.27. The monoisotopic (exact) mass is 483 g/mol. The Morgan fingerprint density at radius 3 is 2.37 bits per heavy atom. The maximum atomic E-state index is 6.23. The van der Waals surface area contributed by atoms with Gasteiger partial charge in [0.25, 0.3) is 0 Å². The third kappa shape index (κ3) is 5.55. The molecular weight excluding hydrogens is 469 g/mol. The zero-order chi connectivity index (χ0) is 19.4. The lowest BCUT2D eigenvalue weighted by molar-refractivity contribution is 0.303. The van der Waals surface area contributed by atoms with Crippen LogP contribution in [0.15, 0.2) is 59.1 Å². The quantitative estimate of drug-likeness (QED) is 0.383. The second kappa shape index (κ2) is 9.20. The smallest absolute Gasteiger partial charge is 0.124 e. The first kappa shape index (κ1) is 20.3. The van der Waals surface area contributed by atoms with Crippen LogP contribution in [-0.4, -0.2) is 0 Å². The van der Waals surface area contributed by atoms with E-state index in [2.05, 4.69) is 34.2 Å². The largest absolute Gasteiger partial charge is 0.488 e. The van der Waals surface area contributed by atoms with E-state index in [9.17, 15) is 0 Å². The molecule has 0 bridgehead atoms. The predicted octanol–water partition coefficient (Wildman–Crippen LogP) is 7.91. The molecule has 6 heteroatoms. The van der Waals surface area contributed by atoms with E-state index in [1.54, 1.807) is 12.1 Å². The van der Waals surface area contributed by atoms with Crippen molar-refractivity contribution in [3.05, 3.63) is 90.8 Å². The van der Waals surface area contributed by atoms with Crippen LogP contribution in [0.2, 0.25) is 15.1 Å². The highest BCUT2D eigenvalue weighted by Gasteiger charge is 2.08. The number of rotatable bonds is 6. The zero-order valence-corrected chi connectivity index (χ0v) is 18.4. The number of hydrogen-bond acceptors (Lipinski definition) is 2. The maximum Gasteiger partial charge on any atom is 0.124 e. The lowest BCUT2D eigenvalue weighted by Gasteiger charge is -2.15. The van der Waals surface area contributed by atoms with Crippen LogP contribution in [0.4, 0.5) is 5.69 Å². The lowest BCUT2D eigenvalue weighted by atomic mass is 10.1. The summed E-state index contributed by atoms with van der Waals surface area (Å²) in [5.74, 6) is 0.757. The topological polar surface area (TPSA) is 21.3 Å². The molecule has 3 aromatic carbocycles. The second-order valence-corrected chi connectivity index (χ2v) is 8.28. The summed E-state index contributed by atoms with van der Waals surface area (Å²) in [5, 5.41) is 5.29. The van der Waals surface area contributed by atoms with Crippen molar-refractivity contribution in [1.29, 1.82) is 0 Å². The van der Waals surface area contributed by atoms with Gasteiger partial charge >= 0.3 is 0 Å². The van der Waals surface area contributed by atoms with Crippen LogP contribution in [0.1, 0.15) is 16.7 Å². The summed E-state index contributed by atoms with van der Waals surface area (Å²) in [5.41, 5.74) is 4.06. The van der Waals surface area contributed by atoms with Gasteiger partial charge in [-0.15, -0.1) is 0 Å². The van der Waals surface area contributed by atoms with E-state index >= 15 is 0 Å². The molecule has 1 N–H and O–H groups in total. The highest BCUT2D eigenvalue weighted by atomic mass is 79.9. The average molecular weight is 486 g/mol. The molecule has 0 amide bonds. The van der Waals surface area contributed by atoms with Crippen LogP contribution in [0, 0.1) is 6.92 Å². The summed E-state index contributed by atoms with van der Waals surface area (Å²) >= 11 is 21.8. The van der Waals surface area contributed by atoms with Gasteiger partial charge in [-0.25, -0.2) is 0 Å². The molecule has 0 aliphatic rings. The molecule has 0 unspecified atom stereocenters. The lowest BCUT2D eigenvalue weighted by Crippen LogP contribution is -2.05. The average Bonchev–Trinajstić information content (AvgIpc) is 2.61. The van der Waals surface area contributed by atoms with E-state index in [1.165, 1.54) is 0 Å². The van der Waals surface area contributed by atoms with Gasteiger partial charge < -0.3 is 10.1 Å². The van der Waals surface area contributed by atoms with Gasteiger partial charge in [0.05, 0.1) is 0 Å².